The van der Waals surface area contributed by atoms with Crippen molar-refractivity contribution in [3.8, 4) is 5.75 Å². The summed E-state index contributed by atoms with van der Waals surface area (Å²) in [6.45, 7) is 0.00753. The third kappa shape index (κ3) is 2.85. The Morgan fingerprint density at radius 1 is 1.00 bits per heavy atom. The molecule has 0 radical (unpaired) electrons. The summed E-state index contributed by atoms with van der Waals surface area (Å²) in [5.41, 5.74) is 2.08. The van der Waals surface area contributed by atoms with Crippen LogP contribution in [0.3, 0.4) is 0 Å². The minimum atomic E-state index is -0.576. The topological polar surface area (TPSA) is 52.9 Å². The summed E-state index contributed by atoms with van der Waals surface area (Å²) in [5, 5.41) is 20.8. The molecule has 3 rings (SSSR count). The van der Waals surface area contributed by atoms with Gasteiger partial charge in [0.05, 0.1) is 25.9 Å². The van der Waals surface area contributed by atoms with E-state index >= 15 is 0 Å². The highest BCUT2D eigenvalue weighted by atomic mass is 16.5. The summed E-state index contributed by atoms with van der Waals surface area (Å²) in [6, 6.07) is 17.4. The number of aliphatic hydroxyl groups is 2. The van der Waals surface area contributed by atoms with Crippen LogP contribution in [0.15, 0.2) is 54.6 Å². The molecule has 1 saturated heterocycles. The number of rotatable bonds is 4. The van der Waals surface area contributed by atoms with E-state index in [4.69, 9.17) is 4.74 Å². The first-order chi connectivity index (χ1) is 11.2. The molecule has 2 aromatic carbocycles. The second-order valence-corrected chi connectivity index (χ2v) is 6.06. The second kappa shape index (κ2) is 6.71. The monoisotopic (exact) mass is 313 g/mol. The molecule has 2 N–H and O–H groups in total. The van der Waals surface area contributed by atoms with Gasteiger partial charge in [-0.1, -0.05) is 42.5 Å². The predicted molar refractivity (Wildman–Crippen MR) is 89.6 cm³/mol. The summed E-state index contributed by atoms with van der Waals surface area (Å²) >= 11 is 0. The summed E-state index contributed by atoms with van der Waals surface area (Å²) in [7, 11) is 3.60. The third-order valence-electron chi connectivity index (χ3n) is 4.90. The first-order valence-corrected chi connectivity index (χ1v) is 7.87. The number of hydrogen-bond donors (Lipinski definition) is 2. The Kier molecular flexibility index (Phi) is 4.66. The van der Waals surface area contributed by atoms with Gasteiger partial charge >= 0.3 is 0 Å². The van der Waals surface area contributed by atoms with Gasteiger partial charge in [0.2, 0.25) is 0 Å². The molecule has 0 aromatic heterocycles. The number of benzene rings is 2. The Hall–Kier alpha value is -1.88. The lowest BCUT2D eigenvalue weighted by Gasteiger charge is -2.26. The summed E-state index contributed by atoms with van der Waals surface area (Å²) in [6.07, 6.45) is -0.576. The predicted octanol–water partition coefficient (Wildman–Crippen LogP) is 2.19. The van der Waals surface area contributed by atoms with Crippen LogP contribution in [0.5, 0.6) is 5.75 Å². The standard InChI is InChI=1S/C19H23NO3/c1-20-16(12-21)17(13-8-10-15(23-2)11-9-13)19(22)18(20)14-6-4-3-5-7-14/h3-11,16-19,21-22H,12H2,1-2H3/t16-,17-,18+,19-/m1/s1. The molecule has 122 valence electrons. The lowest BCUT2D eigenvalue weighted by Crippen LogP contribution is -2.33. The van der Waals surface area contributed by atoms with Gasteiger partial charge in [0, 0.05) is 12.0 Å². The van der Waals surface area contributed by atoms with Gasteiger partial charge in [-0.2, -0.15) is 0 Å². The number of nitrogens with zero attached hydrogens (tertiary/aromatic N) is 1. The quantitative estimate of drug-likeness (QED) is 0.908. The highest BCUT2D eigenvalue weighted by Crippen LogP contribution is 2.44. The minimum Gasteiger partial charge on any atom is -0.497 e. The van der Waals surface area contributed by atoms with Crippen LogP contribution in [-0.2, 0) is 0 Å². The fraction of sp³-hybridized carbons (Fsp3) is 0.368. The maximum Gasteiger partial charge on any atom is 0.118 e. The fourth-order valence-electron chi connectivity index (χ4n) is 3.69. The zero-order chi connectivity index (χ0) is 16.4. The van der Waals surface area contributed by atoms with Crippen molar-refractivity contribution in [1.29, 1.82) is 0 Å². The maximum absolute atomic E-state index is 11.0. The van der Waals surface area contributed by atoms with Gasteiger partial charge in [-0.25, -0.2) is 0 Å². The zero-order valence-corrected chi connectivity index (χ0v) is 13.5. The molecule has 0 amide bonds. The van der Waals surface area contributed by atoms with E-state index in [0.29, 0.717) is 0 Å². The maximum atomic E-state index is 11.0. The van der Waals surface area contributed by atoms with E-state index in [0.717, 1.165) is 16.9 Å². The van der Waals surface area contributed by atoms with Gasteiger partial charge in [0.1, 0.15) is 5.75 Å². The van der Waals surface area contributed by atoms with Crippen LogP contribution in [0, 0.1) is 0 Å². The molecule has 4 nitrogen and oxygen atoms in total. The third-order valence-corrected chi connectivity index (χ3v) is 4.90. The smallest absolute Gasteiger partial charge is 0.118 e. The molecule has 4 heteroatoms. The molecule has 0 aliphatic carbocycles. The van der Waals surface area contributed by atoms with E-state index < -0.39 is 6.10 Å². The van der Waals surface area contributed by atoms with Crippen LogP contribution in [0.4, 0.5) is 0 Å². The summed E-state index contributed by atoms with van der Waals surface area (Å²) in [4.78, 5) is 2.08. The Bertz CT molecular complexity index is 629. The molecule has 1 aliphatic heterocycles. The first kappa shape index (κ1) is 16.0. The number of likely N-dealkylation sites (tertiary alicyclic amines) is 1. The zero-order valence-electron chi connectivity index (χ0n) is 13.5. The molecule has 23 heavy (non-hydrogen) atoms. The summed E-state index contributed by atoms with van der Waals surface area (Å²) in [5.74, 6) is 0.649. The molecule has 2 aromatic rings. The molecule has 4 atom stereocenters. The van der Waals surface area contributed by atoms with E-state index in [1.165, 1.54) is 0 Å². The van der Waals surface area contributed by atoms with Gasteiger partial charge in [0.25, 0.3) is 0 Å². The van der Waals surface area contributed by atoms with Gasteiger partial charge in [-0.05, 0) is 30.3 Å². The van der Waals surface area contributed by atoms with Crippen molar-refractivity contribution in [2.45, 2.75) is 24.1 Å². The van der Waals surface area contributed by atoms with E-state index in [1.54, 1.807) is 7.11 Å². The molecule has 0 saturated carbocycles. The van der Waals surface area contributed by atoms with Crippen LogP contribution < -0.4 is 4.74 Å². The van der Waals surface area contributed by atoms with E-state index in [1.807, 2.05) is 61.6 Å². The van der Waals surface area contributed by atoms with E-state index in [-0.39, 0.29) is 24.6 Å². The van der Waals surface area contributed by atoms with Gasteiger partial charge < -0.3 is 14.9 Å². The van der Waals surface area contributed by atoms with Gasteiger partial charge in [-0.3, -0.25) is 4.90 Å². The van der Waals surface area contributed by atoms with Gasteiger partial charge in [0.15, 0.2) is 0 Å². The van der Waals surface area contributed by atoms with Crippen LogP contribution in [0.1, 0.15) is 23.1 Å². The SMILES string of the molecule is COc1ccc([C@H]2[C@@H](O)[C@H](c3ccccc3)N(C)[C@@H]2CO)cc1. The van der Waals surface area contributed by atoms with Crippen LogP contribution in [0.2, 0.25) is 0 Å². The number of methoxy groups -OCH3 is 1. The minimum absolute atomic E-state index is 0.00753. The average molecular weight is 313 g/mol. The molecule has 0 spiro atoms. The number of likely N-dealkylation sites (N-methyl/N-ethyl adjacent to an activating group) is 1. The molecule has 0 unspecified atom stereocenters. The van der Waals surface area contributed by atoms with Crippen molar-refractivity contribution in [3.05, 3.63) is 65.7 Å². The van der Waals surface area contributed by atoms with Crippen molar-refractivity contribution in [1.82, 2.24) is 4.90 Å². The van der Waals surface area contributed by atoms with Crippen molar-refractivity contribution in [3.63, 3.8) is 0 Å². The normalized spacial score (nSPS) is 28.0. The number of aliphatic hydroxyl groups excluding tert-OH is 2. The molecule has 1 fully saturated rings. The van der Waals surface area contributed by atoms with Crippen molar-refractivity contribution in [2.24, 2.45) is 0 Å². The highest BCUT2D eigenvalue weighted by Gasteiger charge is 2.47. The van der Waals surface area contributed by atoms with Crippen molar-refractivity contribution >= 4 is 0 Å². The Morgan fingerprint density at radius 3 is 2.22 bits per heavy atom. The largest absolute Gasteiger partial charge is 0.497 e. The number of hydrogen-bond acceptors (Lipinski definition) is 4. The molecule has 1 heterocycles. The Morgan fingerprint density at radius 2 is 1.65 bits per heavy atom. The summed E-state index contributed by atoms with van der Waals surface area (Å²) < 4.78 is 5.20. The average Bonchev–Trinajstić information content (AvgIpc) is 2.85. The Balaban J connectivity index is 1.95. The lowest BCUT2D eigenvalue weighted by atomic mass is 9.87. The van der Waals surface area contributed by atoms with Crippen molar-refractivity contribution in [2.75, 3.05) is 20.8 Å². The highest BCUT2D eigenvalue weighted by molar-refractivity contribution is 5.34. The van der Waals surface area contributed by atoms with Crippen LogP contribution >= 0.6 is 0 Å². The molecular weight excluding hydrogens is 290 g/mol. The first-order valence-electron chi connectivity index (χ1n) is 7.87. The van der Waals surface area contributed by atoms with E-state index in [9.17, 15) is 10.2 Å². The lowest BCUT2D eigenvalue weighted by molar-refractivity contribution is 0.114. The second-order valence-electron chi connectivity index (χ2n) is 6.06. The van der Waals surface area contributed by atoms with Crippen LogP contribution in [0.25, 0.3) is 0 Å². The Labute approximate surface area is 136 Å². The molecular formula is C19H23NO3. The van der Waals surface area contributed by atoms with E-state index in [2.05, 4.69) is 4.90 Å². The molecule has 0 bridgehead atoms. The molecule has 1 aliphatic rings. The van der Waals surface area contributed by atoms with Crippen LogP contribution in [-0.4, -0.2) is 48.0 Å². The van der Waals surface area contributed by atoms with Crippen molar-refractivity contribution < 1.29 is 14.9 Å². The van der Waals surface area contributed by atoms with Gasteiger partial charge in [-0.15, -0.1) is 0 Å². The fourth-order valence-corrected chi connectivity index (χ4v) is 3.69. The number of ether oxygens (including phenoxy) is 1.